The van der Waals surface area contributed by atoms with E-state index in [9.17, 15) is 9.59 Å². The number of nitrogens with two attached hydrogens (primary N) is 1. The fraction of sp³-hybridized carbons (Fsp3) is 0.417. The summed E-state index contributed by atoms with van der Waals surface area (Å²) in [6.45, 7) is 5.99. The van der Waals surface area contributed by atoms with Crippen molar-refractivity contribution in [3.63, 3.8) is 0 Å². The van der Waals surface area contributed by atoms with Crippen molar-refractivity contribution < 1.29 is 9.53 Å². The maximum atomic E-state index is 13.4. The fourth-order valence-electron chi connectivity index (χ4n) is 4.08. The van der Waals surface area contributed by atoms with Crippen LogP contribution in [0.3, 0.4) is 0 Å². The van der Waals surface area contributed by atoms with E-state index in [1.165, 1.54) is 0 Å². The quantitative estimate of drug-likeness (QED) is 0.429. The van der Waals surface area contributed by atoms with Crippen molar-refractivity contribution in [2.24, 2.45) is 0 Å². The summed E-state index contributed by atoms with van der Waals surface area (Å²) in [5, 5.41) is 6.87. The largest absolute Gasteiger partial charge is 0.496 e. The molecule has 3 aromatic rings. The number of hydrogen-bond donors (Lipinski definition) is 3. The third-order valence-electron chi connectivity index (χ3n) is 5.94. The number of piperazine rings is 1. The zero-order valence-electron chi connectivity index (χ0n) is 19.6. The van der Waals surface area contributed by atoms with E-state index >= 15 is 0 Å². The normalized spacial score (nSPS) is 13.8. The summed E-state index contributed by atoms with van der Waals surface area (Å²) in [5.41, 5.74) is 7.48. The van der Waals surface area contributed by atoms with Gasteiger partial charge in [0.15, 0.2) is 0 Å². The van der Waals surface area contributed by atoms with Crippen molar-refractivity contribution in [1.82, 2.24) is 24.8 Å². The monoisotopic (exact) mass is 465 g/mol. The Bertz CT molecular complexity index is 1240. The summed E-state index contributed by atoms with van der Waals surface area (Å²) >= 11 is 0. The van der Waals surface area contributed by atoms with Gasteiger partial charge in [-0.2, -0.15) is 4.98 Å². The number of unbranched alkanes of at least 4 members (excludes halogenated alkanes) is 1. The zero-order valence-corrected chi connectivity index (χ0v) is 19.6. The summed E-state index contributed by atoms with van der Waals surface area (Å²) < 4.78 is 7.16. The smallest absolute Gasteiger partial charge is 0.264 e. The van der Waals surface area contributed by atoms with Crippen molar-refractivity contribution in [2.75, 3.05) is 50.9 Å². The van der Waals surface area contributed by atoms with E-state index in [1.807, 2.05) is 11.0 Å². The second kappa shape index (κ2) is 10.5. The van der Waals surface area contributed by atoms with Crippen LogP contribution in [0.5, 0.6) is 5.75 Å². The van der Waals surface area contributed by atoms with Gasteiger partial charge < -0.3 is 30.6 Å². The molecule has 0 bridgehead atoms. The van der Waals surface area contributed by atoms with E-state index in [0.717, 1.165) is 31.5 Å². The number of methoxy groups -OCH3 is 1. The molecule has 34 heavy (non-hydrogen) atoms. The highest BCUT2D eigenvalue weighted by atomic mass is 16.5. The van der Waals surface area contributed by atoms with E-state index in [1.54, 1.807) is 36.1 Å². The molecule has 4 rings (SSSR count). The molecule has 1 aliphatic heterocycles. The van der Waals surface area contributed by atoms with E-state index in [-0.39, 0.29) is 24.0 Å². The lowest BCUT2D eigenvalue weighted by Gasteiger charge is -2.27. The number of fused-ring (bicyclic) bond motifs is 1. The van der Waals surface area contributed by atoms with Gasteiger partial charge in [0.05, 0.1) is 19.2 Å². The molecule has 10 nitrogen and oxygen atoms in total. The molecule has 180 valence electrons. The number of carbonyl (C=O) groups excluding carboxylic acids is 1. The predicted molar refractivity (Wildman–Crippen MR) is 132 cm³/mol. The molecule has 1 aliphatic rings. The molecule has 1 saturated heterocycles. The third-order valence-corrected chi connectivity index (χ3v) is 5.94. The number of amides is 1. The number of pyridine rings is 1. The molecule has 2 aromatic heterocycles. The van der Waals surface area contributed by atoms with Gasteiger partial charge in [0.2, 0.25) is 5.95 Å². The third kappa shape index (κ3) is 4.96. The minimum atomic E-state index is -0.223. The van der Waals surface area contributed by atoms with Crippen molar-refractivity contribution in [2.45, 2.75) is 26.3 Å². The van der Waals surface area contributed by atoms with Gasteiger partial charge in [-0.25, -0.2) is 4.98 Å². The highest BCUT2D eigenvalue weighted by molar-refractivity contribution is 5.95. The van der Waals surface area contributed by atoms with E-state index in [2.05, 4.69) is 27.5 Å². The molecule has 0 saturated carbocycles. The number of carbonyl (C=O) groups is 1. The van der Waals surface area contributed by atoms with Crippen molar-refractivity contribution in [1.29, 1.82) is 0 Å². The van der Waals surface area contributed by atoms with Crippen molar-refractivity contribution >= 4 is 28.6 Å². The van der Waals surface area contributed by atoms with Crippen LogP contribution < -0.4 is 26.7 Å². The van der Waals surface area contributed by atoms with Crippen LogP contribution in [-0.2, 0) is 6.54 Å². The molecule has 0 atom stereocenters. The molecule has 1 amide bonds. The second-order valence-electron chi connectivity index (χ2n) is 8.29. The topological polar surface area (TPSA) is 127 Å². The minimum Gasteiger partial charge on any atom is -0.496 e. The lowest BCUT2D eigenvalue weighted by molar-refractivity contribution is 0.0735. The Balaban J connectivity index is 1.64. The molecule has 1 fully saturated rings. The number of aromatic nitrogens is 3. The van der Waals surface area contributed by atoms with E-state index in [4.69, 9.17) is 10.5 Å². The van der Waals surface area contributed by atoms with Gasteiger partial charge in [-0.05, 0) is 24.6 Å². The zero-order chi connectivity index (χ0) is 24.1. The molecular weight excluding hydrogens is 434 g/mol. The van der Waals surface area contributed by atoms with Crippen LogP contribution in [0.4, 0.5) is 11.8 Å². The standard InChI is InChI=1S/C24H31N7O3/c1-3-4-8-27-21-20-18(28-24(25)29-21)7-11-31(23(20)33)15-17-6-5-16(14-19(17)34-2)22(32)30-12-9-26-10-13-30/h5-7,11,14,26H,3-4,8-10,12-13,15H2,1-2H3,(H3,25,27,28,29). The minimum absolute atomic E-state index is 0.0215. The first-order chi connectivity index (χ1) is 16.5. The lowest BCUT2D eigenvalue weighted by Crippen LogP contribution is -2.46. The summed E-state index contributed by atoms with van der Waals surface area (Å²) in [5.74, 6) is 1.10. The average molecular weight is 466 g/mol. The van der Waals surface area contributed by atoms with Crippen LogP contribution in [0, 0.1) is 0 Å². The van der Waals surface area contributed by atoms with Gasteiger partial charge in [-0.1, -0.05) is 19.4 Å². The summed E-state index contributed by atoms with van der Waals surface area (Å²) in [4.78, 5) is 36.6. The van der Waals surface area contributed by atoms with Gasteiger partial charge in [0, 0.05) is 50.0 Å². The fourth-order valence-corrected chi connectivity index (χ4v) is 4.08. The molecule has 1 aromatic carbocycles. The van der Waals surface area contributed by atoms with Gasteiger partial charge >= 0.3 is 0 Å². The molecular formula is C24H31N7O3. The maximum Gasteiger partial charge on any atom is 0.264 e. The Kier molecular flexibility index (Phi) is 7.27. The van der Waals surface area contributed by atoms with Crippen LogP contribution in [0.15, 0.2) is 35.3 Å². The molecule has 0 radical (unpaired) electrons. The Labute approximate surface area is 198 Å². The summed E-state index contributed by atoms with van der Waals surface area (Å²) in [6, 6.07) is 7.13. The van der Waals surface area contributed by atoms with E-state index in [0.29, 0.717) is 47.7 Å². The Morgan fingerprint density at radius 3 is 2.76 bits per heavy atom. The maximum absolute atomic E-state index is 13.4. The Morgan fingerprint density at radius 2 is 2.03 bits per heavy atom. The Hall–Kier alpha value is -3.66. The molecule has 0 spiro atoms. The molecule has 0 unspecified atom stereocenters. The second-order valence-corrected chi connectivity index (χ2v) is 8.29. The Morgan fingerprint density at radius 1 is 1.24 bits per heavy atom. The highest BCUT2D eigenvalue weighted by Gasteiger charge is 2.20. The van der Waals surface area contributed by atoms with Crippen LogP contribution in [0.1, 0.15) is 35.7 Å². The van der Waals surface area contributed by atoms with Crippen LogP contribution in [0.25, 0.3) is 10.9 Å². The molecule has 3 heterocycles. The van der Waals surface area contributed by atoms with Crippen LogP contribution in [0.2, 0.25) is 0 Å². The first-order valence-electron chi connectivity index (χ1n) is 11.6. The van der Waals surface area contributed by atoms with Crippen LogP contribution in [-0.4, -0.2) is 65.2 Å². The molecule has 10 heteroatoms. The first kappa shape index (κ1) is 23.5. The number of anilines is 2. The first-order valence-corrected chi connectivity index (χ1v) is 11.6. The van der Waals surface area contributed by atoms with Gasteiger partial charge in [-0.3, -0.25) is 9.59 Å². The highest BCUT2D eigenvalue weighted by Crippen LogP contribution is 2.23. The number of nitrogens with zero attached hydrogens (tertiary/aromatic N) is 4. The van der Waals surface area contributed by atoms with Gasteiger partial charge in [-0.15, -0.1) is 0 Å². The summed E-state index contributed by atoms with van der Waals surface area (Å²) in [7, 11) is 1.56. The van der Waals surface area contributed by atoms with Gasteiger partial charge in [0.25, 0.3) is 11.5 Å². The number of benzene rings is 1. The van der Waals surface area contributed by atoms with E-state index < -0.39 is 0 Å². The number of nitrogen functional groups attached to an aromatic ring is 1. The average Bonchev–Trinajstić information content (AvgIpc) is 2.86. The number of ether oxygens (including phenoxy) is 1. The number of hydrogen-bond acceptors (Lipinski definition) is 8. The lowest BCUT2D eigenvalue weighted by atomic mass is 10.1. The molecule has 4 N–H and O–H groups in total. The number of rotatable bonds is 8. The van der Waals surface area contributed by atoms with Gasteiger partial charge in [0.1, 0.15) is 17.0 Å². The SMILES string of the molecule is CCCCNc1nc(N)nc2ccn(Cc3ccc(C(=O)N4CCNCC4)cc3OC)c(=O)c12. The number of nitrogens with one attached hydrogen (secondary N) is 2. The van der Waals surface area contributed by atoms with Crippen molar-refractivity contribution in [3.8, 4) is 5.75 Å². The predicted octanol–water partition coefficient (Wildman–Crippen LogP) is 1.69. The van der Waals surface area contributed by atoms with Crippen LogP contribution >= 0.6 is 0 Å². The summed E-state index contributed by atoms with van der Waals surface area (Å²) in [6.07, 6.45) is 3.65. The molecule has 0 aliphatic carbocycles. The van der Waals surface area contributed by atoms with Crippen molar-refractivity contribution in [3.05, 3.63) is 51.9 Å².